The van der Waals surface area contributed by atoms with Gasteiger partial charge >= 0.3 is 11.9 Å². The summed E-state index contributed by atoms with van der Waals surface area (Å²) >= 11 is 0. The van der Waals surface area contributed by atoms with Gasteiger partial charge in [0.15, 0.2) is 5.76 Å². The van der Waals surface area contributed by atoms with E-state index in [-0.39, 0.29) is 37.1 Å². The van der Waals surface area contributed by atoms with Crippen molar-refractivity contribution in [3.63, 3.8) is 0 Å². The highest BCUT2D eigenvalue weighted by molar-refractivity contribution is 5.96. The van der Waals surface area contributed by atoms with Crippen molar-refractivity contribution >= 4 is 17.7 Å². The number of allylic oxidation sites excluding steroid dienone is 1. The maximum Gasteiger partial charge on any atom is 0.326 e. The van der Waals surface area contributed by atoms with Crippen molar-refractivity contribution < 1.29 is 39.5 Å². The fraction of sp³-hybridized carbons (Fsp3) is 0.615. The van der Waals surface area contributed by atoms with Gasteiger partial charge < -0.3 is 30.5 Å². The number of aliphatic carboxylic acids is 2. The number of carboxylic acids is 2. The lowest BCUT2D eigenvalue weighted by atomic mass is 9.85. The number of Topliss-reactive ketones (excluding diaryl/α,β-unsaturated/α-hetero) is 1. The molecule has 0 aliphatic heterocycles. The molecule has 1 rings (SSSR count). The minimum absolute atomic E-state index is 0.0353. The molecule has 9 heteroatoms. The number of carboxylic acid groups (broad SMARTS) is 2. The van der Waals surface area contributed by atoms with Crippen LogP contribution >= 0.6 is 0 Å². The Morgan fingerprint density at radius 2 is 2.00 bits per heavy atom. The minimum Gasteiger partial charge on any atom is -0.491 e. The van der Waals surface area contributed by atoms with E-state index >= 15 is 0 Å². The van der Waals surface area contributed by atoms with E-state index in [0.29, 0.717) is 0 Å². The van der Waals surface area contributed by atoms with E-state index in [0.717, 1.165) is 0 Å². The molecule has 2 atom stereocenters. The summed E-state index contributed by atoms with van der Waals surface area (Å²) in [6.45, 7) is -0.673. The van der Waals surface area contributed by atoms with E-state index in [1.54, 1.807) is 0 Å². The van der Waals surface area contributed by atoms with E-state index in [9.17, 15) is 24.6 Å². The predicted molar refractivity (Wildman–Crippen MR) is 71.7 cm³/mol. The largest absolute Gasteiger partial charge is 0.491 e. The molecule has 5 N–H and O–H groups in total. The lowest BCUT2D eigenvalue weighted by Gasteiger charge is -2.33. The Labute approximate surface area is 126 Å². The number of hydrogen-bond acceptors (Lipinski definition) is 7. The molecule has 9 nitrogen and oxygen atoms in total. The van der Waals surface area contributed by atoms with Crippen LogP contribution in [-0.2, 0) is 19.1 Å². The van der Waals surface area contributed by atoms with Gasteiger partial charge in [0.05, 0.1) is 19.4 Å². The van der Waals surface area contributed by atoms with Crippen molar-refractivity contribution in [1.29, 1.82) is 0 Å². The lowest BCUT2D eigenvalue weighted by Crippen LogP contribution is -2.46. The molecule has 1 aliphatic rings. The molecule has 0 saturated heterocycles. The highest BCUT2D eigenvalue weighted by Crippen LogP contribution is 2.29. The summed E-state index contributed by atoms with van der Waals surface area (Å²) in [5.74, 6) is -3.15. The first kappa shape index (κ1) is 17.9. The number of carbonyl (C=O) groups excluding carboxylic acids is 1. The van der Waals surface area contributed by atoms with Crippen molar-refractivity contribution in [2.45, 2.75) is 37.3 Å². The number of hydrogen-bond donors (Lipinski definition) is 5. The maximum absolute atomic E-state index is 11.9. The number of methoxy groups -OCH3 is 1. The lowest BCUT2D eigenvalue weighted by molar-refractivity contribution is -0.141. The van der Waals surface area contributed by atoms with Gasteiger partial charge in [-0.2, -0.15) is 0 Å². The van der Waals surface area contributed by atoms with Crippen LogP contribution in [0.3, 0.4) is 0 Å². The Balaban J connectivity index is 2.99. The fourth-order valence-electron chi connectivity index (χ4n) is 2.22. The number of nitrogens with one attached hydrogen (secondary N) is 1. The van der Waals surface area contributed by atoms with Crippen molar-refractivity contribution in [2.24, 2.45) is 0 Å². The summed E-state index contributed by atoms with van der Waals surface area (Å²) in [4.78, 5) is 33.6. The SMILES string of the molecule is COC1=C(N[C@@H](CCC(=O)O)C(=O)O)C[C@](O)(CO)CC1=O. The summed E-state index contributed by atoms with van der Waals surface area (Å²) < 4.78 is 4.93. The molecule has 0 heterocycles. The Morgan fingerprint density at radius 3 is 2.45 bits per heavy atom. The third-order valence-electron chi connectivity index (χ3n) is 3.31. The number of aliphatic hydroxyl groups excluding tert-OH is 1. The van der Waals surface area contributed by atoms with Crippen LogP contribution in [0.4, 0.5) is 0 Å². The van der Waals surface area contributed by atoms with E-state index < -0.39 is 36.0 Å². The molecule has 0 aromatic rings. The van der Waals surface area contributed by atoms with Crippen molar-refractivity contribution in [3.8, 4) is 0 Å². The van der Waals surface area contributed by atoms with Crippen LogP contribution in [0, 0.1) is 0 Å². The third-order valence-corrected chi connectivity index (χ3v) is 3.31. The minimum atomic E-state index is -1.70. The number of aliphatic hydroxyl groups is 2. The van der Waals surface area contributed by atoms with Gasteiger partial charge in [0.1, 0.15) is 11.6 Å². The maximum atomic E-state index is 11.9. The first-order valence-corrected chi connectivity index (χ1v) is 6.57. The van der Waals surface area contributed by atoms with Gasteiger partial charge in [0.25, 0.3) is 0 Å². The molecule has 0 spiro atoms. The third kappa shape index (κ3) is 4.43. The summed E-state index contributed by atoms with van der Waals surface area (Å²) in [6.07, 6.45) is -1.13. The molecule has 0 amide bonds. The molecule has 22 heavy (non-hydrogen) atoms. The zero-order valence-electron chi connectivity index (χ0n) is 12.0. The quantitative estimate of drug-likeness (QED) is 0.373. The van der Waals surface area contributed by atoms with Crippen LogP contribution in [0.1, 0.15) is 25.7 Å². The van der Waals surface area contributed by atoms with Gasteiger partial charge in [-0.3, -0.25) is 9.59 Å². The Bertz CT molecular complexity index is 500. The van der Waals surface area contributed by atoms with Crippen molar-refractivity contribution in [2.75, 3.05) is 13.7 Å². The summed E-state index contributed by atoms with van der Waals surface area (Å²) in [5.41, 5.74) is -1.66. The first-order valence-electron chi connectivity index (χ1n) is 6.57. The second-order valence-corrected chi connectivity index (χ2v) is 5.14. The van der Waals surface area contributed by atoms with Crippen molar-refractivity contribution in [1.82, 2.24) is 5.32 Å². The topological polar surface area (TPSA) is 153 Å². The summed E-state index contributed by atoms with van der Waals surface area (Å²) in [7, 11) is 1.23. The van der Waals surface area contributed by atoms with Crippen LogP contribution in [0.5, 0.6) is 0 Å². The standard InChI is InChI=1S/C13H19NO8/c1-22-11-8(4-13(21,6-15)5-9(11)16)14-7(12(19)20)2-3-10(17)18/h7,14-15,21H,2-6H2,1H3,(H,17,18)(H,19,20)/t7-,13+/m0/s1. The molecule has 0 saturated carbocycles. The average molecular weight is 317 g/mol. The van der Waals surface area contributed by atoms with E-state index in [2.05, 4.69) is 5.32 Å². The van der Waals surface area contributed by atoms with Gasteiger partial charge in [0.2, 0.25) is 5.78 Å². The molecule has 0 bridgehead atoms. The molecule has 0 aromatic carbocycles. The first-order chi connectivity index (χ1) is 10.2. The van der Waals surface area contributed by atoms with Crippen LogP contribution in [0.15, 0.2) is 11.5 Å². The van der Waals surface area contributed by atoms with Crippen LogP contribution in [-0.4, -0.2) is 63.5 Å². The molecular weight excluding hydrogens is 298 g/mol. The molecule has 0 aromatic heterocycles. The Hall–Kier alpha value is -2.13. The number of ether oxygens (including phenoxy) is 1. The number of carbonyl (C=O) groups is 3. The van der Waals surface area contributed by atoms with Gasteiger partial charge in [-0.25, -0.2) is 4.79 Å². The van der Waals surface area contributed by atoms with Gasteiger partial charge in [0, 0.05) is 19.3 Å². The molecule has 0 unspecified atom stereocenters. The second-order valence-electron chi connectivity index (χ2n) is 5.14. The van der Waals surface area contributed by atoms with Crippen LogP contribution in [0.25, 0.3) is 0 Å². The highest BCUT2D eigenvalue weighted by Gasteiger charge is 2.40. The summed E-state index contributed by atoms with van der Waals surface area (Å²) in [6, 6.07) is -1.26. The van der Waals surface area contributed by atoms with Crippen molar-refractivity contribution in [3.05, 3.63) is 11.5 Å². The average Bonchev–Trinajstić information content (AvgIpc) is 2.42. The zero-order chi connectivity index (χ0) is 16.9. The van der Waals surface area contributed by atoms with Crippen LogP contribution < -0.4 is 5.32 Å². The normalized spacial score (nSPS) is 23.1. The molecular formula is C13H19NO8. The Kier molecular flexibility index (Phi) is 5.89. The predicted octanol–water partition coefficient (Wildman–Crippen LogP) is -1.16. The van der Waals surface area contributed by atoms with Gasteiger partial charge in [-0.15, -0.1) is 0 Å². The Morgan fingerprint density at radius 1 is 1.36 bits per heavy atom. The van der Waals surface area contributed by atoms with Gasteiger partial charge in [-0.05, 0) is 6.42 Å². The van der Waals surface area contributed by atoms with E-state index in [4.69, 9.17) is 14.9 Å². The molecule has 1 aliphatic carbocycles. The molecule has 0 fully saturated rings. The second kappa shape index (κ2) is 7.23. The summed E-state index contributed by atoms with van der Waals surface area (Å²) in [5, 5.41) is 39.5. The van der Waals surface area contributed by atoms with Gasteiger partial charge in [-0.1, -0.05) is 0 Å². The van der Waals surface area contributed by atoms with Crippen LogP contribution in [0.2, 0.25) is 0 Å². The number of ketones is 1. The zero-order valence-corrected chi connectivity index (χ0v) is 12.0. The molecule has 0 radical (unpaired) electrons. The molecule has 124 valence electrons. The smallest absolute Gasteiger partial charge is 0.326 e. The number of rotatable bonds is 8. The fourth-order valence-corrected chi connectivity index (χ4v) is 2.22. The monoisotopic (exact) mass is 317 g/mol. The van der Waals surface area contributed by atoms with E-state index in [1.807, 2.05) is 0 Å². The highest BCUT2D eigenvalue weighted by atomic mass is 16.5. The van der Waals surface area contributed by atoms with E-state index in [1.165, 1.54) is 7.11 Å².